The molecule has 0 bridgehead atoms. The van der Waals surface area contributed by atoms with Crippen LogP contribution in [0.2, 0.25) is 0 Å². The highest BCUT2D eigenvalue weighted by Gasteiger charge is 2.12. The van der Waals surface area contributed by atoms with E-state index in [4.69, 9.17) is 0 Å². The fourth-order valence-electron chi connectivity index (χ4n) is 1.41. The predicted octanol–water partition coefficient (Wildman–Crippen LogP) is 2.76. The van der Waals surface area contributed by atoms with Crippen LogP contribution in [-0.4, -0.2) is 0 Å². The Kier molecular flexibility index (Phi) is 2.15. The zero-order chi connectivity index (χ0) is 9.26. The summed E-state index contributed by atoms with van der Waals surface area (Å²) in [6.45, 7) is 2.05. The Bertz CT molecular complexity index is 454. The molecule has 0 aliphatic heterocycles. The maximum absolute atomic E-state index is 2.22. The molecule has 2 aromatic rings. The van der Waals surface area contributed by atoms with Crippen LogP contribution in [0.1, 0.15) is 11.9 Å². The largest absolute Gasteiger partial charge is 0.262 e. The maximum Gasteiger partial charge on any atom is 0.262 e. The number of rotatable bonds is 1. The van der Waals surface area contributed by atoms with Crippen molar-refractivity contribution in [1.82, 2.24) is 0 Å². The van der Waals surface area contributed by atoms with E-state index in [1.54, 1.807) is 0 Å². The fourth-order valence-corrected chi connectivity index (χ4v) is 2.53. The smallest absolute Gasteiger partial charge is 0.185 e. The normalized spacial score (nSPS) is 11.5. The molecular formula is C11H12NS+. The minimum Gasteiger partial charge on any atom is -0.185 e. The molecule has 66 valence electrons. The molecule has 1 nitrogen and oxygen atoms in total. The molecule has 0 atom stereocenters. The van der Waals surface area contributed by atoms with E-state index in [-0.39, 0.29) is 0 Å². The first-order valence-electron chi connectivity index (χ1n) is 4.33. The molecule has 0 saturated heterocycles. The van der Waals surface area contributed by atoms with Gasteiger partial charge in [0.2, 0.25) is 5.52 Å². The van der Waals surface area contributed by atoms with Crippen LogP contribution in [0.15, 0.2) is 30.3 Å². The van der Waals surface area contributed by atoms with Crippen molar-refractivity contribution in [2.45, 2.75) is 6.92 Å². The van der Waals surface area contributed by atoms with Crippen LogP contribution < -0.4 is 4.57 Å². The van der Waals surface area contributed by atoms with Crippen molar-refractivity contribution in [3.63, 3.8) is 0 Å². The Hall–Kier alpha value is -1.15. The molecule has 0 amide bonds. The van der Waals surface area contributed by atoms with Gasteiger partial charge in [0.15, 0.2) is 0 Å². The van der Waals surface area contributed by atoms with Gasteiger partial charge in [0, 0.05) is 12.1 Å². The molecule has 13 heavy (non-hydrogen) atoms. The third kappa shape index (κ3) is 1.38. The molecule has 0 unspecified atom stereocenters. The van der Waals surface area contributed by atoms with Crippen molar-refractivity contribution >= 4 is 27.6 Å². The predicted molar refractivity (Wildman–Crippen MR) is 57.7 cm³/mol. The van der Waals surface area contributed by atoms with E-state index in [2.05, 4.69) is 48.0 Å². The average Bonchev–Trinajstić information content (AvgIpc) is 2.46. The summed E-state index contributed by atoms with van der Waals surface area (Å²) in [6.07, 6.45) is 4.22. The molecule has 0 spiro atoms. The monoisotopic (exact) mass is 190 g/mol. The second-order valence-corrected chi connectivity index (χ2v) is 4.03. The number of hydrogen-bond acceptors (Lipinski definition) is 1. The highest BCUT2D eigenvalue weighted by molar-refractivity contribution is 7.18. The quantitative estimate of drug-likeness (QED) is 0.609. The summed E-state index contributed by atoms with van der Waals surface area (Å²) in [6, 6.07) is 8.47. The van der Waals surface area contributed by atoms with Crippen molar-refractivity contribution < 1.29 is 4.57 Å². The summed E-state index contributed by atoms with van der Waals surface area (Å²) in [4.78, 5) is 0. The van der Waals surface area contributed by atoms with Crippen molar-refractivity contribution in [3.8, 4) is 0 Å². The Morgan fingerprint density at radius 3 is 2.77 bits per heavy atom. The lowest BCUT2D eigenvalue weighted by Gasteiger charge is -1.84. The van der Waals surface area contributed by atoms with Crippen molar-refractivity contribution in [3.05, 3.63) is 35.3 Å². The Morgan fingerprint density at radius 2 is 2.08 bits per heavy atom. The lowest BCUT2D eigenvalue weighted by Crippen LogP contribution is -2.28. The topological polar surface area (TPSA) is 3.88 Å². The third-order valence-electron chi connectivity index (χ3n) is 2.08. The van der Waals surface area contributed by atoms with Crippen LogP contribution in [0.3, 0.4) is 0 Å². The minimum atomic E-state index is 1.30. The van der Waals surface area contributed by atoms with Gasteiger partial charge in [0.25, 0.3) is 5.01 Å². The number of thiazole rings is 1. The molecule has 0 aliphatic carbocycles. The first kappa shape index (κ1) is 8.45. The zero-order valence-corrected chi connectivity index (χ0v) is 8.64. The highest BCUT2D eigenvalue weighted by atomic mass is 32.1. The van der Waals surface area contributed by atoms with Crippen LogP contribution in [0.5, 0.6) is 0 Å². The minimum absolute atomic E-state index is 1.30. The lowest BCUT2D eigenvalue weighted by atomic mass is 10.3. The van der Waals surface area contributed by atoms with E-state index < -0.39 is 0 Å². The molecule has 1 aromatic carbocycles. The van der Waals surface area contributed by atoms with Gasteiger partial charge in [0.05, 0.1) is 0 Å². The molecule has 0 radical (unpaired) electrons. The molecule has 1 heterocycles. The van der Waals surface area contributed by atoms with Crippen molar-refractivity contribution in [2.75, 3.05) is 0 Å². The Balaban J connectivity index is 2.73. The fraction of sp³-hybridized carbons (Fsp3) is 0.182. The molecule has 1 aromatic heterocycles. The summed E-state index contributed by atoms with van der Waals surface area (Å²) in [5.41, 5.74) is 1.31. The van der Waals surface area contributed by atoms with Gasteiger partial charge in [0.1, 0.15) is 11.7 Å². The molecule has 2 heteroatoms. The van der Waals surface area contributed by atoms with E-state index in [1.165, 1.54) is 15.2 Å². The van der Waals surface area contributed by atoms with E-state index in [1.807, 2.05) is 18.3 Å². The maximum atomic E-state index is 2.22. The number of aryl methyl sites for hydroxylation is 1. The van der Waals surface area contributed by atoms with E-state index in [0.29, 0.717) is 0 Å². The number of allylic oxidation sites excluding steroid dienone is 1. The number of nitrogens with zero attached hydrogens (tertiary/aromatic N) is 1. The highest BCUT2D eigenvalue weighted by Crippen LogP contribution is 2.20. The molecule has 0 aliphatic rings. The van der Waals surface area contributed by atoms with Gasteiger partial charge >= 0.3 is 0 Å². The van der Waals surface area contributed by atoms with E-state index >= 15 is 0 Å². The van der Waals surface area contributed by atoms with Gasteiger partial charge in [-0.2, -0.15) is 4.57 Å². The first-order chi connectivity index (χ1) is 6.33. The molecular weight excluding hydrogens is 178 g/mol. The van der Waals surface area contributed by atoms with Gasteiger partial charge < -0.3 is 0 Å². The van der Waals surface area contributed by atoms with Crippen LogP contribution in [0.25, 0.3) is 16.3 Å². The van der Waals surface area contributed by atoms with Gasteiger partial charge in [-0.1, -0.05) is 29.5 Å². The van der Waals surface area contributed by atoms with Gasteiger partial charge in [-0.15, -0.1) is 0 Å². The average molecular weight is 190 g/mol. The summed E-state index contributed by atoms with van der Waals surface area (Å²) in [5.74, 6) is 0. The van der Waals surface area contributed by atoms with Crippen LogP contribution in [0.4, 0.5) is 0 Å². The second-order valence-electron chi connectivity index (χ2n) is 2.97. The number of fused-ring (bicyclic) bond motifs is 1. The number of para-hydroxylation sites is 1. The molecule has 2 rings (SSSR count). The van der Waals surface area contributed by atoms with E-state index in [9.17, 15) is 0 Å². The second kappa shape index (κ2) is 3.30. The first-order valence-corrected chi connectivity index (χ1v) is 5.15. The number of benzene rings is 1. The van der Waals surface area contributed by atoms with E-state index in [0.717, 1.165) is 0 Å². The Morgan fingerprint density at radius 1 is 1.31 bits per heavy atom. The molecule has 0 saturated carbocycles. The summed E-state index contributed by atoms with van der Waals surface area (Å²) in [7, 11) is 2.11. The lowest BCUT2D eigenvalue weighted by molar-refractivity contribution is -0.642. The van der Waals surface area contributed by atoms with Crippen molar-refractivity contribution in [1.29, 1.82) is 0 Å². The van der Waals surface area contributed by atoms with Crippen LogP contribution in [-0.2, 0) is 7.05 Å². The van der Waals surface area contributed by atoms with Crippen LogP contribution >= 0.6 is 11.3 Å². The summed E-state index contributed by atoms with van der Waals surface area (Å²) in [5, 5.41) is 1.30. The molecule has 0 N–H and O–H groups in total. The van der Waals surface area contributed by atoms with Gasteiger partial charge in [-0.05, 0) is 13.0 Å². The zero-order valence-electron chi connectivity index (χ0n) is 7.82. The number of hydrogen-bond donors (Lipinski definition) is 0. The number of aromatic nitrogens is 1. The SMILES string of the molecule is C/C=C/c1sc2ccccc2[n+]1C. The summed E-state index contributed by atoms with van der Waals surface area (Å²) >= 11 is 1.82. The Labute approximate surface area is 82.0 Å². The standard InChI is InChI=1S/C11H12NS/c1-3-6-11-12(2)9-7-4-5-8-10(9)13-11/h3-8H,1-2H3/q+1/b6-3+. The van der Waals surface area contributed by atoms with Gasteiger partial charge in [-0.25, -0.2) is 0 Å². The third-order valence-corrected chi connectivity index (χ3v) is 3.27. The van der Waals surface area contributed by atoms with Gasteiger partial charge in [-0.3, -0.25) is 0 Å². The van der Waals surface area contributed by atoms with Crippen LogP contribution in [0, 0.1) is 0 Å². The molecule has 0 fully saturated rings. The van der Waals surface area contributed by atoms with Crippen molar-refractivity contribution in [2.24, 2.45) is 7.05 Å². The summed E-state index contributed by atoms with van der Waals surface area (Å²) < 4.78 is 3.57.